The molecule has 0 radical (unpaired) electrons. The zero-order valence-corrected chi connectivity index (χ0v) is 15.6. The molecule has 2 aromatic carbocycles. The fraction of sp³-hybridized carbons (Fsp3) is 0.227. The first-order chi connectivity index (χ1) is 13.2. The van der Waals surface area contributed by atoms with E-state index in [1.165, 1.54) is 4.90 Å². The van der Waals surface area contributed by atoms with E-state index < -0.39 is 0 Å². The van der Waals surface area contributed by atoms with Gasteiger partial charge in [0.1, 0.15) is 0 Å². The molecule has 0 aliphatic carbocycles. The molecule has 1 aliphatic rings. The number of hydrogen-bond acceptors (Lipinski definition) is 3. The third-order valence-corrected chi connectivity index (χ3v) is 4.45. The number of rotatable bonds is 5. The lowest BCUT2D eigenvalue weighted by Gasteiger charge is -2.14. The molecule has 3 aromatic rings. The monoisotopic (exact) mass is 361 g/mol. The second-order valence-electron chi connectivity index (χ2n) is 6.02. The molecule has 0 atom stereocenters. The molecule has 5 nitrogen and oxygen atoms in total. The number of hydrogen-bond donors (Lipinski definition) is 0. The van der Waals surface area contributed by atoms with Crippen molar-refractivity contribution in [1.82, 2.24) is 14.7 Å². The molecule has 5 heteroatoms. The summed E-state index contributed by atoms with van der Waals surface area (Å²) in [7, 11) is 0. The molecule has 2 amide bonds. The maximum Gasteiger partial charge on any atom is 0.261 e. The molecule has 4 rings (SSSR count). The van der Waals surface area contributed by atoms with Crippen LogP contribution < -0.4 is 0 Å². The third-order valence-electron chi connectivity index (χ3n) is 4.45. The van der Waals surface area contributed by atoms with Gasteiger partial charge in [0.2, 0.25) is 0 Å². The number of amides is 2. The molecular formula is C22H23N3O2. The SMILES string of the molecule is CC.O=C1c2ccccc2C(=O)N1CCc1ccnn1Cc1ccccc1. The number of benzene rings is 2. The van der Waals surface area contributed by atoms with E-state index >= 15 is 0 Å². The molecule has 1 aromatic heterocycles. The lowest BCUT2D eigenvalue weighted by molar-refractivity contribution is 0.0655. The first kappa shape index (κ1) is 18.6. The predicted octanol–water partition coefficient (Wildman–Crippen LogP) is 3.80. The zero-order valence-electron chi connectivity index (χ0n) is 15.6. The maximum absolute atomic E-state index is 12.4. The van der Waals surface area contributed by atoms with Crippen LogP contribution >= 0.6 is 0 Å². The summed E-state index contributed by atoms with van der Waals surface area (Å²) in [5.74, 6) is -0.426. The highest BCUT2D eigenvalue weighted by Crippen LogP contribution is 2.22. The Balaban J connectivity index is 0.00000102. The third kappa shape index (κ3) is 3.82. The quantitative estimate of drug-likeness (QED) is 0.650. The lowest BCUT2D eigenvalue weighted by atomic mass is 10.1. The van der Waals surface area contributed by atoms with Crippen molar-refractivity contribution in [1.29, 1.82) is 0 Å². The van der Waals surface area contributed by atoms with Gasteiger partial charge in [-0.3, -0.25) is 19.2 Å². The Morgan fingerprint density at radius 1 is 0.815 bits per heavy atom. The van der Waals surface area contributed by atoms with Crippen molar-refractivity contribution in [2.24, 2.45) is 0 Å². The molecule has 0 N–H and O–H groups in total. The lowest BCUT2D eigenvalue weighted by Crippen LogP contribution is -2.32. The number of imide groups is 1. The fourth-order valence-electron chi connectivity index (χ4n) is 3.14. The van der Waals surface area contributed by atoms with E-state index in [0.717, 1.165) is 11.3 Å². The molecule has 0 saturated carbocycles. The highest BCUT2D eigenvalue weighted by Gasteiger charge is 2.34. The van der Waals surface area contributed by atoms with Gasteiger partial charge in [-0.2, -0.15) is 5.10 Å². The van der Waals surface area contributed by atoms with Gasteiger partial charge in [-0.25, -0.2) is 0 Å². The van der Waals surface area contributed by atoms with Gasteiger partial charge in [0.15, 0.2) is 0 Å². The summed E-state index contributed by atoms with van der Waals surface area (Å²) in [4.78, 5) is 26.2. The summed E-state index contributed by atoms with van der Waals surface area (Å²) in [6, 6.07) is 19.0. The van der Waals surface area contributed by atoms with Crippen molar-refractivity contribution in [3.8, 4) is 0 Å². The standard InChI is InChI=1S/C20H17N3O2.C2H6/c24-19-17-8-4-5-9-18(17)20(25)22(19)13-11-16-10-12-21-23(16)14-15-6-2-1-3-7-15;1-2/h1-10,12H,11,13-14H2;1-2H3. The van der Waals surface area contributed by atoms with E-state index in [1.54, 1.807) is 30.5 Å². The van der Waals surface area contributed by atoms with Gasteiger partial charge < -0.3 is 0 Å². The summed E-state index contributed by atoms with van der Waals surface area (Å²) in [6.07, 6.45) is 2.33. The Labute approximate surface area is 159 Å². The van der Waals surface area contributed by atoms with Crippen LogP contribution in [0.1, 0.15) is 45.8 Å². The van der Waals surface area contributed by atoms with E-state index in [0.29, 0.717) is 30.6 Å². The average Bonchev–Trinajstić information content (AvgIpc) is 3.26. The van der Waals surface area contributed by atoms with Crippen LogP contribution in [-0.4, -0.2) is 33.0 Å². The van der Waals surface area contributed by atoms with Gasteiger partial charge in [-0.15, -0.1) is 0 Å². The van der Waals surface area contributed by atoms with Gasteiger partial charge >= 0.3 is 0 Å². The minimum absolute atomic E-state index is 0.213. The van der Waals surface area contributed by atoms with Crippen LogP contribution in [0.2, 0.25) is 0 Å². The Morgan fingerprint density at radius 2 is 1.41 bits per heavy atom. The molecule has 0 unspecified atom stereocenters. The number of fused-ring (bicyclic) bond motifs is 1. The molecule has 27 heavy (non-hydrogen) atoms. The highest BCUT2D eigenvalue weighted by atomic mass is 16.2. The van der Waals surface area contributed by atoms with Crippen LogP contribution in [0.4, 0.5) is 0 Å². The van der Waals surface area contributed by atoms with E-state index in [4.69, 9.17) is 0 Å². The largest absolute Gasteiger partial charge is 0.274 e. The Bertz CT molecular complexity index is 896. The predicted molar refractivity (Wildman–Crippen MR) is 105 cm³/mol. The first-order valence-electron chi connectivity index (χ1n) is 9.24. The van der Waals surface area contributed by atoms with Gasteiger partial charge in [0, 0.05) is 24.9 Å². The molecule has 0 fully saturated rings. The van der Waals surface area contributed by atoms with E-state index in [9.17, 15) is 9.59 Å². The first-order valence-corrected chi connectivity index (χ1v) is 9.24. The second-order valence-corrected chi connectivity index (χ2v) is 6.02. The molecule has 0 saturated heterocycles. The van der Waals surface area contributed by atoms with Crippen LogP contribution in [-0.2, 0) is 13.0 Å². The summed E-state index contributed by atoms with van der Waals surface area (Å²) in [6.45, 7) is 5.03. The van der Waals surface area contributed by atoms with Gasteiger partial charge in [0.05, 0.1) is 17.7 Å². The van der Waals surface area contributed by atoms with E-state index in [1.807, 2.05) is 42.8 Å². The van der Waals surface area contributed by atoms with Crippen molar-refractivity contribution in [2.75, 3.05) is 6.54 Å². The Hall–Kier alpha value is -3.21. The summed E-state index contributed by atoms with van der Waals surface area (Å²) >= 11 is 0. The van der Waals surface area contributed by atoms with Crippen molar-refractivity contribution >= 4 is 11.8 Å². The van der Waals surface area contributed by atoms with Crippen LogP contribution in [0.5, 0.6) is 0 Å². The Kier molecular flexibility index (Phi) is 5.81. The Morgan fingerprint density at radius 3 is 2.04 bits per heavy atom. The highest BCUT2D eigenvalue weighted by molar-refractivity contribution is 6.21. The van der Waals surface area contributed by atoms with Gasteiger partial charge in [-0.1, -0.05) is 56.3 Å². The number of carbonyl (C=O) groups is 2. The van der Waals surface area contributed by atoms with E-state index in [2.05, 4.69) is 17.2 Å². The van der Waals surface area contributed by atoms with Gasteiger partial charge in [0.25, 0.3) is 11.8 Å². The fourth-order valence-corrected chi connectivity index (χ4v) is 3.14. The second kappa shape index (κ2) is 8.45. The maximum atomic E-state index is 12.4. The smallest absolute Gasteiger partial charge is 0.261 e. The van der Waals surface area contributed by atoms with Crippen molar-refractivity contribution in [2.45, 2.75) is 26.8 Å². The van der Waals surface area contributed by atoms with Crippen LogP contribution in [0.3, 0.4) is 0 Å². The minimum atomic E-state index is -0.213. The molecule has 2 heterocycles. The number of nitrogens with zero attached hydrogens (tertiary/aromatic N) is 3. The van der Waals surface area contributed by atoms with Crippen molar-refractivity contribution in [3.63, 3.8) is 0 Å². The van der Waals surface area contributed by atoms with Crippen LogP contribution in [0.25, 0.3) is 0 Å². The normalized spacial score (nSPS) is 12.6. The van der Waals surface area contributed by atoms with E-state index in [-0.39, 0.29) is 11.8 Å². The summed E-state index contributed by atoms with van der Waals surface area (Å²) < 4.78 is 1.91. The number of aromatic nitrogens is 2. The minimum Gasteiger partial charge on any atom is -0.274 e. The molecule has 138 valence electrons. The number of carbonyl (C=O) groups excluding carboxylic acids is 2. The topological polar surface area (TPSA) is 55.2 Å². The summed E-state index contributed by atoms with van der Waals surface area (Å²) in [5.41, 5.74) is 3.14. The molecule has 0 bridgehead atoms. The molecule has 0 spiro atoms. The van der Waals surface area contributed by atoms with Crippen molar-refractivity contribution < 1.29 is 9.59 Å². The van der Waals surface area contributed by atoms with Gasteiger partial charge in [-0.05, 0) is 23.8 Å². The zero-order chi connectivity index (χ0) is 19.2. The van der Waals surface area contributed by atoms with Crippen LogP contribution in [0.15, 0.2) is 66.9 Å². The molecule has 1 aliphatic heterocycles. The van der Waals surface area contributed by atoms with Crippen LogP contribution in [0, 0.1) is 0 Å². The average molecular weight is 361 g/mol. The summed E-state index contributed by atoms with van der Waals surface area (Å²) in [5, 5.41) is 4.36. The van der Waals surface area contributed by atoms with Crippen molar-refractivity contribution in [3.05, 3.63) is 89.2 Å². The molecular weight excluding hydrogens is 338 g/mol.